The number of nitrogen functional groups attached to an aromatic ring is 1. The molecule has 0 aliphatic carbocycles. The van der Waals surface area contributed by atoms with Gasteiger partial charge in [0, 0.05) is 13.1 Å². The number of benzene rings is 1. The van der Waals surface area contributed by atoms with Gasteiger partial charge in [0.15, 0.2) is 0 Å². The van der Waals surface area contributed by atoms with Crippen LogP contribution < -0.4 is 10.6 Å². The lowest BCUT2D eigenvalue weighted by molar-refractivity contribution is 0.0449. The van der Waals surface area contributed by atoms with Gasteiger partial charge in [0.25, 0.3) is 0 Å². The van der Waals surface area contributed by atoms with Crippen LogP contribution in [0.15, 0.2) is 18.2 Å². The average Bonchev–Trinajstić information content (AvgIpc) is 2.27. The standard InChI is InChI=1S/C13H18N2O3/c1-13(18)5-2-6-15(8-13)11-4-3-9(12(16)17)7-10(11)14/h3-4,7,18H,2,5-6,8,14H2,1H3,(H,16,17). The molecule has 1 fully saturated rings. The van der Waals surface area contributed by atoms with E-state index < -0.39 is 11.6 Å². The van der Waals surface area contributed by atoms with E-state index in [0.29, 0.717) is 12.2 Å². The van der Waals surface area contributed by atoms with E-state index in [9.17, 15) is 9.90 Å². The van der Waals surface area contributed by atoms with Crippen molar-refractivity contribution in [1.82, 2.24) is 0 Å². The molecule has 5 heteroatoms. The quantitative estimate of drug-likeness (QED) is 0.689. The zero-order valence-corrected chi connectivity index (χ0v) is 10.4. The molecule has 18 heavy (non-hydrogen) atoms. The molecule has 1 atom stereocenters. The SMILES string of the molecule is CC1(O)CCCN(c2ccc(C(=O)O)cc2N)C1. The molecule has 1 unspecified atom stereocenters. The first-order valence-electron chi connectivity index (χ1n) is 5.99. The molecule has 0 radical (unpaired) electrons. The van der Waals surface area contributed by atoms with E-state index in [4.69, 9.17) is 10.8 Å². The van der Waals surface area contributed by atoms with Crippen LogP contribution >= 0.6 is 0 Å². The fraction of sp³-hybridized carbons (Fsp3) is 0.462. The van der Waals surface area contributed by atoms with Gasteiger partial charge in [-0.1, -0.05) is 0 Å². The van der Waals surface area contributed by atoms with Crippen LogP contribution in [0.2, 0.25) is 0 Å². The summed E-state index contributed by atoms with van der Waals surface area (Å²) in [5.41, 5.74) is 6.59. The van der Waals surface area contributed by atoms with Crippen LogP contribution in [0.5, 0.6) is 0 Å². The number of aliphatic hydroxyl groups is 1. The minimum absolute atomic E-state index is 0.181. The first-order chi connectivity index (χ1) is 8.39. The molecule has 5 nitrogen and oxygen atoms in total. The van der Waals surface area contributed by atoms with E-state index in [1.54, 1.807) is 13.0 Å². The third-order valence-electron chi connectivity index (χ3n) is 3.29. The number of nitrogens with two attached hydrogens (primary N) is 1. The highest BCUT2D eigenvalue weighted by atomic mass is 16.4. The first-order valence-corrected chi connectivity index (χ1v) is 5.99. The van der Waals surface area contributed by atoms with Crippen LogP contribution in [0, 0.1) is 0 Å². The van der Waals surface area contributed by atoms with Crippen molar-refractivity contribution in [3.8, 4) is 0 Å². The number of aromatic carboxylic acids is 1. The number of β-amino-alcohol motifs (C(OH)–C–C–N with tert-alkyl or cyclic N) is 1. The molecular formula is C13H18N2O3. The molecule has 0 amide bonds. The van der Waals surface area contributed by atoms with Crippen molar-refractivity contribution in [1.29, 1.82) is 0 Å². The number of rotatable bonds is 2. The Morgan fingerprint density at radius 2 is 2.22 bits per heavy atom. The third-order valence-corrected chi connectivity index (χ3v) is 3.29. The molecule has 98 valence electrons. The Labute approximate surface area is 106 Å². The number of carboxylic acids is 1. The number of carbonyl (C=O) groups is 1. The maximum absolute atomic E-state index is 10.8. The Morgan fingerprint density at radius 1 is 1.50 bits per heavy atom. The maximum atomic E-state index is 10.8. The van der Waals surface area contributed by atoms with Crippen molar-refractivity contribution < 1.29 is 15.0 Å². The van der Waals surface area contributed by atoms with Gasteiger partial charge in [-0.25, -0.2) is 4.79 Å². The van der Waals surface area contributed by atoms with Crippen molar-refractivity contribution in [3.05, 3.63) is 23.8 Å². The average molecular weight is 250 g/mol. The van der Waals surface area contributed by atoms with Gasteiger partial charge in [0.1, 0.15) is 0 Å². The summed E-state index contributed by atoms with van der Waals surface area (Å²) in [5, 5.41) is 18.9. The van der Waals surface area contributed by atoms with Crippen molar-refractivity contribution in [2.75, 3.05) is 23.7 Å². The molecule has 0 aromatic heterocycles. The van der Waals surface area contributed by atoms with Gasteiger partial charge in [-0.2, -0.15) is 0 Å². The smallest absolute Gasteiger partial charge is 0.335 e. The van der Waals surface area contributed by atoms with Gasteiger partial charge in [-0.05, 0) is 38.0 Å². The van der Waals surface area contributed by atoms with Gasteiger partial charge in [-0.15, -0.1) is 0 Å². The third kappa shape index (κ3) is 2.56. The van der Waals surface area contributed by atoms with E-state index in [0.717, 1.165) is 25.1 Å². The zero-order chi connectivity index (χ0) is 13.3. The normalized spacial score (nSPS) is 24.0. The molecule has 1 aromatic rings. The van der Waals surface area contributed by atoms with Crippen LogP contribution in [0.4, 0.5) is 11.4 Å². The summed E-state index contributed by atoms with van der Waals surface area (Å²) in [6, 6.07) is 4.71. The Kier molecular flexibility index (Phi) is 3.17. The maximum Gasteiger partial charge on any atom is 0.335 e. The van der Waals surface area contributed by atoms with Crippen LogP contribution in [-0.4, -0.2) is 34.9 Å². The van der Waals surface area contributed by atoms with Crippen LogP contribution in [-0.2, 0) is 0 Å². The lowest BCUT2D eigenvalue weighted by atomic mass is 9.94. The number of hydrogen-bond donors (Lipinski definition) is 3. The molecular weight excluding hydrogens is 232 g/mol. The van der Waals surface area contributed by atoms with Crippen LogP contribution in [0.25, 0.3) is 0 Å². The van der Waals surface area contributed by atoms with Crippen molar-refractivity contribution in [2.24, 2.45) is 0 Å². The summed E-state index contributed by atoms with van der Waals surface area (Å²) in [5.74, 6) is -0.987. The summed E-state index contributed by atoms with van der Waals surface area (Å²) in [4.78, 5) is 12.8. The Bertz CT molecular complexity index is 471. The second-order valence-electron chi connectivity index (χ2n) is 5.10. The summed E-state index contributed by atoms with van der Waals surface area (Å²) >= 11 is 0. The van der Waals surface area contributed by atoms with E-state index in [-0.39, 0.29) is 5.56 Å². The molecule has 1 saturated heterocycles. The fourth-order valence-corrected chi connectivity index (χ4v) is 2.40. The van der Waals surface area contributed by atoms with Crippen LogP contribution in [0.3, 0.4) is 0 Å². The van der Waals surface area contributed by atoms with E-state index in [2.05, 4.69) is 0 Å². The molecule has 1 aromatic carbocycles. The van der Waals surface area contributed by atoms with Gasteiger partial charge in [0.05, 0.1) is 22.5 Å². The highest BCUT2D eigenvalue weighted by molar-refractivity contribution is 5.90. The molecule has 4 N–H and O–H groups in total. The topological polar surface area (TPSA) is 86.8 Å². The lowest BCUT2D eigenvalue weighted by Crippen LogP contribution is -2.46. The predicted octanol–water partition coefficient (Wildman–Crippen LogP) is 1.32. The molecule has 0 saturated carbocycles. The summed E-state index contributed by atoms with van der Waals surface area (Å²) < 4.78 is 0. The number of carboxylic acid groups (broad SMARTS) is 1. The lowest BCUT2D eigenvalue weighted by Gasteiger charge is -2.38. The summed E-state index contributed by atoms with van der Waals surface area (Å²) in [6.45, 7) is 3.15. The Morgan fingerprint density at radius 3 is 2.78 bits per heavy atom. The molecule has 1 aliphatic rings. The molecule has 1 heterocycles. The molecule has 0 bridgehead atoms. The minimum Gasteiger partial charge on any atom is -0.478 e. The second-order valence-corrected chi connectivity index (χ2v) is 5.10. The van der Waals surface area contributed by atoms with E-state index in [1.165, 1.54) is 12.1 Å². The highest BCUT2D eigenvalue weighted by Gasteiger charge is 2.29. The fourth-order valence-electron chi connectivity index (χ4n) is 2.40. The first kappa shape index (κ1) is 12.7. The van der Waals surface area contributed by atoms with Gasteiger partial charge >= 0.3 is 5.97 Å². The van der Waals surface area contributed by atoms with Crippen molar-refractivity contribution in [3.63, 3.8) is 0 Å². The van der Waals surface area contributed by atoms with Crippen molar-refractivity contribution >= 4 is 17.3 Å². The predicted molar refractivity (Wildman–Crippen MR) is 69.9 cm³/mol. The minimum atomic E-state index is -0.987. The molecule has 0 spiro atoms. The molecule has 1 aliphatic heterocycles. The van der Waals surface area contributed by atoms with Gasteiger partial charge in [0.2, 0.25) is 0 Å². The number of anilines is 2. The Hall–Kier alpha value is -1.75. The zero-order valence-electron chi connectivity index (χ0n) is 10.4. The van der Waals surface area contributed by atoms with E-state index >= 15 is 0 Å². The summed E-state index contributed by atoms with van der Waals surface area (Å²) in [7, 11) is 0. The second kappa shape index (κ2) is 4.49. The van der Waals surface area contributed by atoms with Crippen LogP contribution in [0.1, 0.15) is 30.1 Å². The monoisotopic (exact) mass is 250 g/mol. The number of nitrogens with zero attached hydrogens (tertiary/aromatic N) is 1. The number of hydrogen-bond acceptors (Lipinski definition) is 4. The van der Waals surface area contributed by atoms with Gasteiger partial charge in [-0.3, -0.25) is 0 Å². The number of piperidine rings is 1. The van der Waals surface area contributed by atoms with E-state index in [1.807, 2.05) is 4.90 Å². The summed E-state index contributed by atoms with van der Waals surface area (Å²) in [6.07, 6.45) is 1.67. The highest BCUT2D eigenvalue weighted by Crippen LogP contribution is 2.30. The molecule has 2 rings (SSSR count). The Balaban J connectivity index is 2.26. The van der Waals surface area contributed by atoms with Crippen molar-refractivity contribution in [2.45, 2.75) is 25.4 Å². The largest absolute Gasteiger partial charge is 0.478 e. The van der Waals surface area contributed by atoms with Gasteiger partial charge < -0.3 is 20.8 Å².